The first-order valence-corrected chi connectivity index (χ1v) is 10.2. The largest absolute Gasteiger partial charge is 0.461 e. The van der Waals surface area contributed by atoms with Crippen molar-refractivity contribution in [1.29, 1.82) is 0 Å². The molecule has 0 aromatic rings. The van der Waals surface area contributed by atoms with Crippen molar-refractivity contribution in [3.8, 4) is 0 Å². The molecule has 0 amide bonds. The number of rotatable bonds is 11. The first-order chi connectivity index (χ1) is 11.2. The number of hydrogen-bond acceptors (Lipinski definition) is 8. The Balaban J connectivity index is 4.09. The highest BCUT2D eigenvalue weighted by Crippen LogP contribution is 2.18. The Hall–Kier alpha value is -1.15. The minimum Gasteiger partial charge on any atom is -0.461 e. The van der Waals surface area contributed by atoms with Gasteiger partial charge in [0, 0.05) is 6.42 Å². The van der Waals surface area contributed by atoms with Crippen molar-refractivity contribution in [3.63, 3.8) is 0 Å². The fourth-order valence-electron chi connectivity index (χ4n) is 1.60. The molecule has 0 heterocycles. The summed E-state index contributed by atoms with van der Waals surface area (Å²) in [6, 6.07) is 0. The summed E-state index contributed by atoms with van der Waals surface area (Å²) in [4.78, 5) is 34.4. The quantitative estimate of drug-likeness (QED) is 0.308. The molecule has 0 bridgehead atoms. The van der Waals surface area contributed by atoms with Gasteiger partial charge in [-0.1, -0.05) is 0 Å². The van der Waals surface area contributed by atoms with Crippen molar-refractivity contribution in [1.82, 2.24) is 0 Å². The summed E-state index contributed by atoms with van der Waals surface area (Å²) in [5.74, 6) is -0.0813. The van der Waals surface area contributed by atoms with Gasteiger partial charge in [0.1, 0.15) is 18.0 Å². The average molecular weight is 379 g/mol. The standard InChI is InChI=1S/C16H26O6S2/c1-12(21-14(18)10-23-4)7-9-20-13(17)6-8-16(2,3)22-15(19)11-24-5/h7H,6,8-11H2,1-5H3/b12-7+. The second-order valence-electron chi connectivity index (χ2n) is 5.57. The SMILES string of the molecule is CSCC(=O)O/C(C)=C/COC(=O)CCC(C)(C)OC(=O)CSC. The molecule has 24 heavy (non-hydrogen) atoms. The molecule has 0 radical (unpaired) electrons. The zero-order chi connectivity index (χ0) is 18.6. The van der Waals surface area contributed by atoms with Gasteiger partial charge in [0.25, 0.3) is 0 Å². The van der Waals surface area contributed by atoms with E-state index in [1.165, 1.54) is 29.6 Å². The van der Waals surface area contributed by atoms with Crippen LogP contribution < -0.4 is 0 Å². The predicted molar refractivity (Wildman–Crippen MR) is 97.0 cm³/mol. The van der Waals surface area contributed by atoms with Crippen LogP contribution >= 0.6 is 23.5 Å². The van der Waals surface area contributed by atoms with Crippen molar-refractivity contribution in [2.75, 3.05) is 30.6 Å². The minimum atomic E-state index is -0.717. The van der Waals surface area contributed by atoms with E-state index in [-0.39, 0.29) is 36.5 Å². The number of thioether (sulfide) groups is 2. The monoisotopic (exact) mass is 378 g/mol. The number of carbonyl (C=O) groups excluding carboxylic acids is 3. The van der Waals surface area contributed by atoms with Gasteiger partial charge in [0.2, 0.25) is 0 Å². The van der Waals surface area contributed by atoms with Crippen LogP contribution in [0.3, 0.4) is 0 Å². The molecule has 0 atom stereocenters. The third kappa shape index (κ3) is 12.3. The summed E-state index contributed by atoms with van der Waals surface area (Å²) in [6.45, 7) is 5.17. The molecule has 0 spiro atoms. The molecular weight excluding hydrogens is 352 g/mol. The van der Waals surface area contributed by atoms with E-state index in [0.29, 0.717) is 12.2 Å². The topological polar surface area (TPSA) is 78.9 Å². The molecule has 6 nitrogen and oxygen atoms in total. The molecule has 0 N–H and O–H groups in total. The van der Waals surface area contributed by atoms with Crippen LogP contribution in [0.1, 0.15) is 33.6 Å². The summed E-state index contributed by atoms with van der Waals surface area (Å²) in [7, 11) is 0. The molecule has 0 aliphatic carbocycles. The van der Waals surface area contributed by atoms with E-state index in [9.17, 15) is 14.4 Å². The molecule has 0 saturated carbocycles. The van der Waals surface area contributed by atoms with Gasteiger partial charge in [-0.05, 0) is 45.8 Å². The van der Waals surface area contributed by atoms with Crippen molar-refractivity contribution >= 4 is 41.4 Å². The van der Waals surface area contributed by atoms with E-state index in [2.05, 4.69) is 0 Å². The van der Waals surface area contributed by atoms with E-state index in [1.807, 2.05) is 12.5 Å². The second-order valence-corrected chi connectivity index (χ2v) is 7.30. The highest BCUT2D eigenvalue weighted by Gasteiger charge is 2.24. The Bertz CT molecular complexity index is 459. The molecular formula is C16H26O6S2. The summed E-state index contributed by atoms with van der Waals surface area (Å²) in [5, 5.41) is 0. The maximum Gasteiger partial charge on any atom is 0.320 e. The zero-order valence-corrected chi connectivity index (χ0v) is 16.5. The predicted octanol–water partition coefficient (Wildman–Crippen LogP) is 2.80. The summed E-state index contributed by atoms with van der Waals surface area (Å²) in [5.41, 5.74) is -0.717. The molecule has 8 heteroatoms. The Morgan fingerprint density at radius 1 is 1.00 bits per heavy atom. The van der Waals surface area contributed by atoms with Gasteiger partial charge in [0.05, 0.1) is 11.5 Å². The minimum absolute atomic E-state index is 0.0317. The van der Waals surface area contributed by atoms with E-state index in [4.69, 9.17) is 14.2 Å². The van der Waals surface area contributed by atoms with Gasteiger partial charge in [0.15, 0.2) is 0 Å². The smallest absolute Gasteiger partial charge is 0.320 e. The molecule has 0 aliphatic heterocycles. The summed E-state index contributed by atoms with van der Waals surface area (Å²) in [6.07, 6.45) is 5.66. The van der Waals surface area contributed by atoms with Crippen molar-refractivity contribution in [2.24, 2.45) is 0 Å². The fraction of sp³-hybridized carbons (Fsp3) is 0.688. The highest BCUT2D eigenvalue weighted by atomic mass is 32.2. The molecule has 0 fully saturated rings. The van der Waals surface area contributed by atoms with Crippen LogP contribution in [0, 0.1) is 0 Å². The number of carbonyl (C=O) groups is 3. The second kappa shape index (κ2) is 12.2. The van der Waals surface area contributed by atoms with Gasteiger partial charge in [-0.25, -0.2) is 0 Å². The van der Waals surface area contributed by atoms with E-state index >= 15 is 0 Å². The Kier molecular flexibility index (Phi) is 11.7. The average Bonchev–Trinajstić information content (AvgIpc) is 2.45. The maximum atomic E-state index is 11.7. The molecule has 138 valence electrons. The molecule has 0 saturated heterocycles. The van der Waals surface area contributed by atoms with Crippen LogP contribution in [0.4, 0.5) is 0 Å². The summed E-state index contributed by atoms with van der Waals surface area (Å²) >= 11 is 2.76. The van der Waals surface area contributed by atoms with Crippen molar-refractivity contribution in [3.05, 3.63) is 11.8 Å². The van der Waals surface area contributed by atoms with Crippen molar-refractivity contribution < 1.29 is 28.6 Å². The van der Waals surface area contributed by atoms with E-state index < -0.39 is 11.6 Å². The lowest BCUT2D eigenvalue weighted by molar-refractivity contribution is -0.156. The lowest BCUT2D eigenvalue weighted by Gasteiger charge is -2.24. The number of hydrogen-bond donors (Lipinski definition) is 0. The highest BCUT2D eigenvalue weighted by molar-refractivity contribution is 7.99. The number of allylic oxidation sites excluding steroid dienone is 1. The van der Waals surface area contributed by atoms with Crippen LogP contribution in [-0.2, 0) is 28.6 Å². The molecule has 0 rings (SSSR count). The van der Waals surface area contributed by atoms with Gasteiger partial charge < -0.3 is 14.2 Å². The van der Waals surface area contributed by atoms with Gasteiger partial charge in [-0.3, -0.25) is 14.4 Å². The number of esters is 3. The fourth-order valence-corrected chi connectivity index (χ4v) is 2.19. The van der Waals surface area contributed by atoms with Crippen LogP contribution in [0.25, 0.3) is 0 Å². The molecule has 0 aromatic heterocycles. The van der Waals surface area contributed by atoms with Crippen LogP contribution in [0.15, 0.2) is 11.8 Å². The zero-order valence-electron chi connectivity index (χ0n) is 14.9. The lowest BCUT2D eigenvalue weighted by atomic mass is 10.0. The third-order valence-corrected chi connectivity index (χ3v) is 3.78. The Morgan fingerprint density at radius 2 is 1.58 bits per heavy atom. The lowest BCUT2D eigenvalue weighted by Crippen LogP contribution is -2.30. The molecule has 0 aromatic carbocycles. The van der Waals surface area contributed by atoms with E-state index in [1.54, 1.807) is 20.8 Å². The third-order valence-electron chi connectivity index (χ3n) is 2.74. The number of ether oxygens (including phenoxy) is 3. The Labute approximate surface area is 152 Å². The van der Waals surface area contributed by atoms with Crippen LogP contribution in [0.5, 0.6) is 0 Å². The first kappa shape index (κ1) is 22.9. The maximum absolute atomic E-state index is 11.7. The normalized spacial score (nSPS) is 11.8. The van der Waals surface area contributed by atoms with Gasteiger partial charge in [-0.2, -0.15) is 23.5 Å². The Morgan fingerprint density at radius 3 is 2.17 bits per heavy atom. The molecule has 0 unspecified atom stereocenters. The van der Waals surface area contributed by atoms with Gasteiger partial charge >= 0.3 is 17.9 Å². The molecule has 0 aliphatic rings. The van der Waals surface area contributed by atoms with Gasteiger partial charge in [-0.15, -0.1) is 0 Å². The summed E-state index contributed by atoms with van der Waals surface area (Å²) < 4.78 is 15.3. The van der Waals surface area contributed by atoms with E-state index in [0.717, 1.165) is 0 Å². The van der Waals surface area contributed by atoms with Crippen molar-refractivity contribution in [2.45, 2.75) is 39.2 Å². The van der Waals surface area contributed by atoms with Crippen LogP contribution in [-0.4, -0.2) is 54.1 Å². The van der Waals surface area contributed by atoms with Crippen LogP contribution in [0.2, 0.25) is 0 Å². The first-order valence-electron chi connectivity index (χ1n) is 7.43.